The highest BCUT2D eigenvalue weighted by molar-refractivity contribution is 6.22. The predicted octanol–water partition coefficient (Wildman–Crippen LogP) is 4.79. The van der Waals surface area contributed by atoms with Crippen LogP contribution in [-0.2, 0) is 0 Å². The van der Waals surface area contributed by atoms with Gasteiger partial charge in [-0.15, -0.1) is 0 Å². The SMILES string of the molecule is Cc1cc(N=Nc2ccc3c(c2)C(=O)c2cc(N)ccc2-3)ccc1N. The first-order valence-electron chi connectivity index (χ1n) is 7.89. The summed E-state index contributed by atoms with van der Waals surface area (Å²) >= 11 is 0. The minimum Gasteiger partial charge on any atom is -0.399 e. The lowest BCUT2D eigenvalue weighted by Gasteiger charge is -2.01. The van der Waals surface area contributed by atoms with Crippen molar-refractivity contribution in [2.45, 2.75) is 6.92 Å². The van der Waals surface area contributed by atoms with Crippen molar-refractivity contribution in [2.24, 2.45) is 10.2 Å². The average Bonchev–Trinajstić information content (AvgIpc) is 2.88. The maximum atomic E-state index is 12.6. The molecule has 25 heavy (non-hydrogen) atoms. The Morgan fingerprint density at radius 3 is 2.04 bits per heavy atom. The Balaban J connectivity index is 1.69. The summed E-state index contributed by atoms with van der Waals surface area (Å²) in [5.41, 5.74) is 18.3. The first-order valence-corrected chi connectivity index (χ1v) is 7.89. The standard InChI is InChI=1S/C20H16N4O/c1-11-8-13(4-7-19(11)22)23-24-14-3-6-16-15-5-2-12(21)9-17(15)20(25)18(16)10-14/h2-10H,21-22H2,1H3. The lowest BCUT2D eigenvalue weighted by molar-refractivity contribution is 0.104. The molecule has 0 aliphatic heterocycles. The van der Waals surface area contributed by atoms with Crippen molar-refractivity contribution in [1.29, 1.82) is 0 Å². The lowest BCUT2D eigenvalue weighted by Crippen LogP contribution is -1.96. The highest BCUT2D eigenvalue weighted by Crippen LogP contribution is 2.39. The van der Waals surface area contributed by atoms with Gasteiger partial charge in [0.25, 0.3) is 0 Å². The lowest BCUT2D eigenvalue weighted by atomic mass is 10.1. The third-order valence-electron chi connectivity index (χ3n) is 4.36. The van der Waals surface area contributed by atoms with Crippen molar-refractivity contribution in [3.8, 4) is 11.1 Å². The van der Waals surface area contributed by atoms with Gasteiger partial charge in [0, 0.05) is 22.5 Å². The van der Waals surface area contributed by atoms with Crippen molar-refractivity contribution < 1.29 is 4.79 Å². The molecule has 1 aliphatic carbocycles. The van der Waals surface area contributed by atoms with E-state index in [0.717, 1.165) is 28.1 Å². The molecule has 0 fully saturated rings. The number of aryl methyl sites for hydroxylation is 1. The Morgan fingerprint density at radius 1 is 0.720 bits per heavy atom. The molecule has 122 valence electrons. The quantitative estimate of drug-likeness (QED) is 0.409. The van der Waals surface area contributed by atoms with Crippen molar-refractivity contribution in [3.63, 3.8) is 0 Å². The molecule has 0 amide bonds. The highest BCUT2D eigenvalue weighted by Gasteiger charge is 2.26. The van der Waals surface area contributed by atoms with Gasteiger partial charge in [0.2, 0.25) is 0 Å². The largest absolute Gasteiger partial charge is 0.399 e. The summed E-state index contributed by atoms with van der Waals surface area (Å²) in [6, 6.07) is 16.4. The zero-order valence-corrected chi connectivity index (χ0v) is 13.7. The third-order valence-corrected chi connectivity index (χ3v) is 4.36. The van der Waals surface area contributed by atoms with Crippen LogP contribution in [0.25, 0.3) is 11.1 Å². The molecule has 0 bridgehead atoms. The van der Waals surface area contributed by atoms with E-state index in [4.69, 9.17) is 11.5 Å². The molecule has 0 aromatic heterocycles. The Labute approximate surface area is 145 Å². The van der Waals surface area contributed by atoms with Crippen LogP contribution in [0.5, 0.6) is 0 Å². The number of nitrogens with zero attached hydrogens (tertiary/aromatic N) is 2. The van der Waals surface area contributed by atoms with Gasteiger partial charge in [-0.1, -0.05) is 12.1 Å². The van der Waals surface area contributed by atoms with E-state index in [1.807, 2.05) is 37.3 Å². The molecule has 4 rings (SSSR count). The average molecular weight is 328 g/mol. The molecule has 0 unspecified atom stereocenters. The van der Waals surface area contributed by atoms with E-state index in [2.05, 4.69) is 10.2 Å². The van der Waals surface area contributed by atoms with E-state index < -0.39 is 0 Å². The van der Waals surface area contributed by atoms with Gasteiger partial charge in [-0.05, 0) is 66.1 Å². The second kappa shape index (κ2) is 5.56. The van der Waals surface area contributed by atoms with Crippen molar-refractivity contribution in [3.05, 3.63) is 71.3 Å². The number of anilines is 2. The van der Waals surface area contributed by atoms with Gasteiger partial charge in [-0.2, -0.15) is 10.2 Å². The number of carbonyl (C=O) groups excluding carboxylic acids is 1. The van der Waals surface area contributed by atoms with E-state index >= 15 is 0 Å². The van der Waals surface area contributed by atoms with Gasteiger partial charge in [-0.25, -0.2) is 0 Å². The molecule has 4 N–H and O–H groups in total. The molecule has 0 saturated heterocycles. The second-order valence-corrected chi connectivity index (χ2v) is 6.10. The zero-order chi connectivity index (χ0) is 17.6. The molecule has 0 spiro atoms. The monoisotopic (exact) mass is 328 g/mol. The Bertz CT molecular complexity index is 1050. The molecule has 5 heteroatoms. The summed E-state index contributed by atoms with van der Waals surface area (Å²) in [6.45, 7) is 1.92. The first kappa shape index (κ1) is 15.1. The van der Waals surface area contributed by atoms with Crippen LogP contribution in [0, 0.1) is 6.92 Å². The van der Waals surface area contributed by atoms with Gasteiger partial charge in [0.1, 0.15) is 0 Å². The first-order chi connectivity index (χ1) is 12.0. The molecule has 3 aromatic rings. The predicted molar refractivity (Wildman–Crippen MR) is 99.5 cm³/mol. The molecule has 0 saturated carbocycles. The van der Waals surface area contributed by atoms with Crippen LogP contribution in [0.4, 0.5) is 22.7 Å². The number of carbonyl (C=O) groups is 1. The van der Waals surface area contributed by atoms with Gasteiger partial charge in [-0.3, -0.25) is 4.79 Å². The molecule has 0 atom stereocenters. The maximum absolute atomic E-state index is 12.6. The van der Waals surface area contributed by atoms with Gasteiger partial charge < -0.3 is 11.5 Å². The minimum absolute atomic E-state index is 0.0299. The van der Waals surface area contributed by atoms with Crippen LogP contribution in [0.3, 0.4) is 0 Å². The number of benzene rings is 3. The fourth-order valence-corrected chi connectivity index (χ4v) is 2.98. The van der Waals surface area contributed by atoms with Gasteiger partial charge in [0.05, 0.1) is 11.4 Å². The van der Waals surface area contributed by atoms with Gasteiger partial charge in [0.15, 0.2) is 5.78 Å². The number of rotatable bonds is 2. The van der Waals surface area contributed by atoms with Crippen LogP contribution < -0.4 is 11.5 Å². The summed E-state index contributed by atoms with van der Waals surface area (Å²) in [5, 5.41) is 8.48. The Hall–Kier alpha value is -3.47. The number of fused-ring (bicyclic) bond motifs is 3. The number of nitrogen functional groups attached to an aromatic ring is 2. The summed E-state index contributed by atoms with van der Waals surface area (Å²) in [4.78, 5) is 12.6. The van der Waals surface area contributed by atoms with Crippen molar-refractivity contribution in [1.82, 2.24) is 0 Å². The van der Waals surface area contributed by atoms with E-state index in [0.29, 0.717) is 22.5 Å². The summed E-state index contributed by atoms with van der Waals surface area (Å²) in [5.74, 6) is -0.0299. The maximum Gasteiger partial charge on any atom is 0.194 e. The fourth-order valence-electron chi connectivity index (χ4n) is 2.98. The smallest absolute Gasteiger partial charge is 0.194 e. The number of ketones is 1. The van der Waals surface area contributed by atoms with E-state index in [1.165, 1.54) is 0 Å². The van der Waals surface area contributed by atoms with Crippen LogP contribution in [0.2, 0.25) is 0 Å². The van der Waals surface area contributed by atoms with Crippen LogP contribution in [0.1, 0.15) is 21.5 Å². The third kappa shape index (κ3) is 2.55. The Morgan fingerprint density at radius 2 is 1.32 bits per heavy atom. The molecular weight excluding hydrogens is 312 g/mol. The minimum atomic E-state index is -0.0299. The number of nitrogens with two attached hydrogens (primary N) is 2. The Kier molecular flexibility index (Phi) is 3.35. The van der Waals surface area contributed by atoms with Gasteiger partial charge >= 0.3 is 0 Å². The summed E-state index contributed by atoms with van der Waals surface area (Å²) in [6.07, 6.45) is 0. The van der Waals surface area contributed by atoms with E-state index in [1.54, 1.807) is 24.3 Å². The fraction of sp³-hybridized carbons (Fsp3) is 0.0500. The normalized spacial score (nSPS) is 12.4. The van der Waals surface area contributed by atoms with E-state index in [-0.39, 0.29) is 5.78 Å². The highest BCUT2D eigenvalue weighted by atomic mass is 16.1. The molecule has 0 radical (unpaired) electrons. The van der Waals surface area contributed by atoms with Crippen LogP contribution in [0.15, 0.2) is 64.8 Å². The second-order valence-electron chi connectivity index (χ2n) is 6.10. The van der Waals surface area contributed by atoms with Crippen LogP contribution in [-0.4, -0.2) is 5.78 Å². The van der Waals surface area contributed by atoms with Crippen molar-refractivity contribution >= 4 is 28.5 Å². The zero-order valence-electron chi connectivity index (χ0n) is 13.7. The summed E-state index contributed by atoms with van der Waals surface area (Å²) in [7, 11) is 0. The number of hydrogen-bond acceptors (Lipinski definition) is 5. The summed E-state index contributed by atoms with van der Waals surface area (Å²) < 4.78 is 0. The van der Waals surface area contributed by atoms with Crippen LogP contribution >= 0.6 is 0 Å². The topological polar surface area (TPSA) is 93.8 Å². The molecule has 1 aliphatic rings. The molecule has 3 aromatic carbocycles. The van der Waals surface area contributed by atoms with E-state index in [9.17, 15) is 4.79 Å². The van der Waals surface area contributed by atoms with Crippen molar-refractivity contribution in [2.75, 3.05) is 11.5 Å². The molecular formula is C20H16N4O. The number of azo groups is 1. The molecule has 5 nitrogen and oxygen atoms in total. The molecule has 0 heterocycles. The number of hydrogen-bond donors (Lipinski definition) is 2.